The molecule has 0 unspecified atom stereocenters. The molecule has 1 aliphatic heterocycles. The largest absolute Gasteiger partial charge is 0.381 e. The normalized spacial score (nSPS) is 14.9. The van der Waals surface area contributed by atoms with Crippen molar-refractivity contribution < 1.29 is 0 Å². The highest BCUT2D eigenvalue weighted by molar-refractivity contribution is 4.92. The maximum atomic E-state index is 5.40. The molecule has 76 valence electrons. The van der Waals surface area contributed by atoms with Crippen molar-refractivity contribution in [2.45, 2.75) is 0 Å². The molecule has 0 aromatic heterocycles. The van der Waals surface area contributed by atoms with Gasteiger partial charge in [0.15, 0.2) is 5.82 Å². The smallest absolute Gasteiger partial charge is 0.165 e. The molecule has 6 nitrogen and oxygen atoms in total. The second kappa shape index (κ2) is 5.03. The molecule has 6 heteroatoms. The fourth-order valence-electron chi connectivity index (χ4n) is 0.938. The Kier molecular flexibility index (Phi) is 3.69. The molecule has 14 heavy (non-hydrogen) atoms. The number of nitrogens with one attached hydrogen (secondary N) is 1. The van der Waals surface area contributed by atoms with E-state index in [9.17, 15) is 0 Å². The number of rotatable bonds is 5. The molecular formula is C8H14N6. The minimum Gasteiger partial charge on any atom is -0.381 e. The lowest BCUT2D eigenvalue weighted by Crippen LogP contribution is -2.46. The maximum Gasteiger partial charge on any atom is 0.165 e. The summed E-state index contributed by atoms with van der Waals surface area (Å²) in [5, 5.41) is 10.9. The summed E-state index contributed by atoms with van der Waals surface area (Å²) in [7, 11) is 0. The molecular weight excluding hydrogens is 180 g/mol. The molecule has 3 N–H and O–H groups in total. The van der Waals surface area contributed by atoms with Crippen LogP contribution < -0.4 is 11.2 Å². The van der Waals surface area contributed by atoms with Gasteiger partial charge >= 0.3 is 0 Å². The van der Waals surface area contributed by atoms with Crippen molar-refractivity contribution in [2.24, 2.45) is 16.1 Å². The zero-order chi connectivity index (χ0) is 10.4. The van der Waals surface area contributed by atoms with Crippen LogP contribution in [0.5, 0.6) is 0 Å². The van der Waals surface area contributed by atoms with E-state index < -0.39 is 0 Å². The number of hydrogen-bond acceptors (Lipinski definition) is 6. The molecule has 0 saturated heterocycles. The predicted octanol–water partition coefficient (Wildman–Crippen LogP) is 0.520. The first-order valence-corrected chi connectivity index (χ1v) is 4.18. The maximum absolute atomic E-state index is 5.40. The Morgan fingerprint density at radius 3 is 2.57 bits per heavy atom. The summed E-state index contributed by atoms with van der Waals surface area (Å²) in [5.41, 5.74) is 8.25. The second-order valence-corrected chi connectivity index (χ2v) is 2.63. The van der Waals surface area contributed by atoms with Crippen LogP contribution in [-0.2, 0) is 0 Å². The van der Waals surface area contributed by atoms with Gasteiger partial charge in [0.1, 0.15) is 0 Å². The average molecular weight is 194 g/mol. The van der Waals surface area contributed by atoms with Gasteiger partial charge in [-0.05, 0) is 5.22 Å². The summed E-state index contributed by atoms with van der Waals surface area (Å²) in [4.78, 5) is 0. The first-order valence-electron chi connectivity index (χ1n) is 4.18. The van der Waals surface area contributed by atoms with Gasteiger partial charge in [0.2, 0.25) is 0 Å². The van der Waals surface area contributed by atoms with Gasteiger partial charge in [-0.1, -0.05) is 12.2 Å². The molecule has 0 aliphatic carbocycles. The van der Waals surface area contributed by atoms with Gasteiger partial charge in [-0.15, -0.1) is 23.5 Å². The summed E-state index contributed by atoms with van der Waals surface area (Å²) in [6.45, 7) is 8.59. The van der Waals surface area contributed by atoms with Crippen LogP contribution >= 0.6 is 0 Å². The van der Waals surface area contributed by atoms with Crippen molar-refractivity contribution in [1.29, 1.82) is 0 Å². The molecule has 0 fully saturated rings. The second-order valence-electron chi connectivity index (χ2n) is 2.63. The SMILES string of the molecule is C=CCN(CC=C)N1N=NC(N)=CN1. The molecule has 1 heterocycles. The van der Waals surface area contributed by atoms with Crippen molar-refractivity contribution in [1.82, 2.24) is 15.7 Å². The van der Waals surface area contributed by atoms with Crippen molar-refractivity contribution in [3.05, 3.63) is 37.3 Å². The Morgan fingerprint density at radius 1 is 1.50 bits per heavy atom. The molecule has 0 saturated carbocycles. The Labute approximate surface area is 83.0 Å². The third-order valence-corrected chi connectivity index (χ3v) is 1.52. The lowest BCUT2D eigenvalue weighted by molar-refractivity contribution is -0.0493. The summed E-state index contributed by atoms with van der Waals surface area (Å²) in [6, 6.07) is 0. The summed E-state index contributed by atoms with van der Waals surface area (Å²) < 4.78 is 0. The first-order chi connectivity index (χ1) is 6.77. The van der Waals surface area contributed by atoms with E-state index in [-0.39, 0.29) is 0 Å². The summed E-state index contributed by atoms with van der Waals surface area (Å²) in [5.74, 6) is 0.346. The highest BCUT2D eigenvalue weighted by Crippen LogP contribution is 2.03. The Morgan fingerprint density at radius 2 is 2.14 bits per heavy atom. The van der Waals surface area contributed by atoms with Crippen LogP contribution in [0.1, 0.15) is 0 Å². The quantitative estimate of drug-likeness (QED) is 0.626. The minimum absolute atomic E-state index is 0.346. The van der Waals surface area contributed by atoms with Crippen LogP contribution in [0.15, 0.2) is 47.7 Å². The van der Waals surface area contributed by atoms with Gasteiger partial charge in [-0.25, -0.2) is 0 Å². The van der Waals surface area contributed by atoms with Crippen molar-refractivity contribution >= 4 is 0 Å². The molecule has 0 aromatic rings. The zero-order valence-electron chi connectivity index (χ0n) is 7.93. The van der Waals surface area contributed by atoms with Crippen molar-refractivity contribution in [3.63, 3.8) is 0 Å². The van der Waals surface area contributed by atoms with Gasteiger partial charge in [0.05, 0.1) is 6.20 Å². The molecule has 0 radical (unpaired) electrons. The number of hydrogen-bond donors (Lipinski definition) is 2. The van der Waals surface area contributed by atoms with Crippen molar-refractivity contribution in [2.75, 3.05) is 13.1 Å². The Bertz CT molecular complexity index is 259. The molecule has 0 atom stereocenters. The lowest BCUT2D eigenvalue weighted by Gasteiger charge is -2.30. The van der Waals surface area contributed by atoms with E-state index >= 15 is 0 Å². The third-order valence-electron chi connectivity index (χ3n) is 1.52. The highest BCUT2D eigenvalue weighted by Gasteiger charge is 2.12. The van der Waals surface area contributed by atoms with Crippen LogP contribution in [-0.4, -0.2) is 23.3 Å². The van der Waals surface area contributed by atoms with Crippen LogP contribution in [0.3, 0.4) is 0 Å². The zero-order valence-corrected chi connectivity index (χ0v) is 7.93. The molecule has 0 aromatic carbocycles. The van der Waals surface area contributed by atoms with E-state index in [1.165, 1.54) is 5.23 Å². The summed E-state index contributed by atoms with van der Waals surface area (Å²) >= 11 is 0. The van der Waals surface area contributed by atoms with E-state index in [4.69, 9.17) is 5.73 Å². The molecule has 0 amide bonds. The lowest BCUT2D eigenvalue weighted by atomic mass is 10.5. The van der Waals surface area contributed by atoms with Crippen LogP contribution in [0.2, 0.25) is 0 Å². The minimum atomic E-state index is 0.346. The monoisotopic (exact) mass is 194 g/mol. The van der Waals surface area contributed by atoms with Crippen LogP contribution in [0.25, 0.3) is 0 Å². The van der Waals surface area contributed by atoms with E-state index in [0.29, 0.717) is 18.9 Å². The number of hydrazine groups is 2. The Hall–Kier alpha value is -1.82. The average Bonchev–Trinajstić information content (AvgIpc) is 2.19. The van der Waals surface area contributed by atoms with Gasteiger partial charge in [0, 0.05) is 13.1 Å². The van der Waals surface area contributed by atoms with E-state index in [1.54, 1.807) is 18.4 Å². The molecule has 1 aliphatic rings. The first kappa shape index (κ1) is 10.3. The molecule has 1 rings (SSSR count). The van der Waals surface area contributed by atoms with Gasteiger partial charge in [0.25, 0.3) is 0 Å². The fourth-order valence-corrected chi connectivity index (χ4v) is 0.938. The molecule has 0 spiro atoms. The van der Waals surface area contributed by atoms with Gasteiger partial charge < -0.3 is 5.73 Å². The summed E-state index contributed by atoms with van der Waals surface area (Å²) in [6.07, 6.45) is 5.09. The van der Waals surface area contributed by atoms with Crippen LogP contribution in [0, 0.1) is 0 Å². The van der Waals surface area contributed by atoms with Gasteiger partial charge in [-0.3, -0.25) is 5.43 Å². The highest BCUT2D eigenvalue weighted by atomic mass is 16.0. The number of nitrogens with two attached hydrogens (primary N) is 1. The topological polar surface area (TPSA) is 69.2 Å². The Balaban J connectivity index is 2.57. The standard InChI is InChI=1S/C8H14N6/c1-3-5-13(6-4-2)14-10-7-8(9)11-12-14/h3-4,7,10H,1-2,5-6,9H2. The van der Waals surface area contributed by atoms with E-state index in [2.05, 4.69) is 28.9 Å². The fraction of sp³-hybridized carbons (Fsp3) is 0.250. The number of nitrogens with zero attached hydrogens (tertiary/aromatic N) is 4. The predicted molar refractivity (Wildman–Crippen MR) is 54.1 cm³/mol. The van der Waals surface area contributed by atoms with Crippen LogP contribution in [0.4, 0.5) is 0 Å². The third kappa shape index (κ3) is 2.60. The van der Waals surface area contributed by atoms with Crippen molar-refractivity contribution in [3.8, 4) is 0 Å². The van der Waals surface area contributed by atoms with E-state index in [1.807, 2.05) is 5.01 Å². The van der Waals surface area contributed by atoms with Gasteiger partial charge in [-0.2, -0.15) is 5.01 Å². The molecule has 0 bridgehead atoms. The van der Waals surface area contributed by atoms with E-state index in [0.717, 1.165) is 0 Å².